The van der Waals surface area contributed by atoms with Crippen LogP contribution in [-0.2, 0) is 6.42 Å². The molecule has 5 heteroatoms. The number of rotatable bonds is 2. The second kappa shape index (κ2) is 4.22. The van der Waals surface area contributed by atoms with Gasteiger partial charge in [0.1, 0.15) is 11.9 Å². The maximum atomic E-state index is 12.7. The van der Waals surface area contributed by atoms with Crippen molar-refractivity contribution < 1.29 is 17.9 Å². The Morgan fingerprint density at radius 3 is 2.76 bits per heavy atom. The summed E-state index contributed by atoms with van der Waals surface area (Å²) in [5, 5.41) is 0. The minimum absolute atomic E-state index is 0.0301. The van der Waals surface area contributed by atoms with Gasteiger partial charge in [0.05, 0.1) is 5.92 Å². The molecule has 0 aliphatic carbocycles. The van der Waals surface area contributed by atoms with Crippen molar-refractivity contribution in [1.82, 2.24) is 0 Å². The van der Waals surface area contributed by atoms with Crippen molar-refractivity contribution in [2.45, 2.75) is 31.5 Å². The predicted molar refractivity (Wildman–Crippen MR) is 58.1 cm³/mol. The largest absolute Gasteiger partial charge is 0.490 e. The number of nitrogens with two attached hydrogens (primary N) is 1. The molecular formula is C12H14F3NO. The average molecular weight is 245 g/mol. The number of hydrogen-bond acceptors (Lipinski definition) is 2. The molecule has 0 saturated carbocycles. The number of halogens is 3. The molecule has 1 aromatic rings. The molecule has 0 fully saturated rings. The van der Waals surface area contributed by atoms with Gasteiger partial charge in [-0.3, -0.25) is 0 Å². The smallest absolute Gasteiger partial charge is 0.396 e. The molecule has 94 valence electrons. The van der Waals surface area contributed by atoms with Gasteiger partial charge in [0.15, 0.2) is 0 Å². The maximum absolute atomic E-state index is 12.7. The number of hydrogen-bond donors (Lipinski definition) is 1. The first-order chi connectivity index (χ1) is 7.91. The molecule has 0 bridgehead atoms. The van der Waals surface area contributed by atoms with E-state index in [1.807, 2.05) is 6.92 Å². The molecule has 2 unspecified atom stereocenters. The van der Waals surface area contributed by atoms with Crippen LogP contribution in [-0.4, -0.2) is 18.8 Å². The molecule has 2 rings (SSSR count). The van der Waals surface area contributed by atoms with Crippen molar-refractivity contribution in [1.29, 1.82) is 0 Å². The molecule has 1 heterocycles. The summed E-state index contributed by atoms with van der Waals surface area (Å²) in [6.07, 6.45) is -3.62. The number of alkyl halides is 3. The van der Waals surface area contributed by atoms with Crippen molar-refractivity contribution >= 4 is 0 Å². The van der Waals surface area contributed by atoms with Gasteiger partial charge in [0, 0.05) is 13.0 Å². The summed E-state index contributed by atoms with van der Waals surface area (Å²) in [6, 6.07) is 4.61. The molecule has 2 N–H and O–H groups in total. The van der Waals surface area contributed by atoms with Crippen LogP contribution in [0.5, 0.6) is 5.75 Å². The number of fused-ring (bicyclic) bond motifs is 1. The second-order valence-electron chi connectivity index (χ2n) is 4.33. The van der Waals surface area contributed by atoms with Gasteiger partial charge in [-0.15, -0.1) is 0 Å². The van der Waals surface area contributed by atoms with E-state index in [-0.39, 0.29) is 11.7 Å². The van der Waals surface area contributed by atoms with Crippen LogP contribution in [0, 0.1) is 0 Å². The van der Waals surface area contributed by atoms with Crippen LogP contribution in [0.3, 0.4) is 0 Å². The van der Waals surface area contributed by atoms with Crippen molar-refractivity contribution in [3.05, 3.63) is 29.3 Å². The van der Waals surface area contributed by atoms with Crippen molar-refractivity contribution in [3.8, 4) is 5.75 Å². The van der Waals surface area contributed by atoms with E-state index in [1.165, 1.54) is 6.07 Å². The summed E-state index contributed by atoms with van der Waals surface area (Å²) in [5.74, 6) is -0.914. The van der Waals surface area contributed by atoms with Gasteiger partial charge >= 0.3 is 6.18 Å². The lowest BCUT2D eigenvalue weighted by Crippen LogP contribution is -2.28. The zero-order valence-electron chi connectivity index (χ0n) is 9.42. The first-order valence-corrected chi connectivity index (χ1v) is 5.48. The Morgan fingerprint density at radius 1 is 1.47 bits per heavy atom. The molecule has 0 aromatic heterocycles. The monoisotopic (exact) mass is 245 g/mol. The Labute approximate surface area is 97.6 Å². The van der Waals surface area contributed by atoms with Gasteiger partial charge in [-0.1, -0.05) is 12.1 Å². The lowest BCUT2D eigenvalue weighted by atomic mass is 9.95. The summed E-state index contributed by atoms with van der Waals surface area (Å²) in [7, 11) is 0. The van der Waals surface area contributed by atoms with Gasteiger partial charge in [-0.05, 0) is 24.1 Å². The molecule has 0 saturated heterocycles. The fourth-order valence-electron chi connectivity index (χ4n) is 2.12. The van der Waals surface area contributed by atoms with E-state index in [9.17, 15) is 13.2 Å². The molecular weight excluding hydrogens is 231 g/mol. The van der Waals surface area contributed by atoms with E-state index in [0.717, 1.165) is 5.56 Å². The standard InChI is InChI=1S/C12H14F3NO/c1-7-4-9-5-8(2-3-11(9)17-7)10(6-16)12(13,14)15/h2-3,5,7,10H,4,6,16H2,1H3. The molecule has 0 radical (unpaired) electrons. The van der Waals surface area contributed by atoms with Gasteiger partial charge in [0.25, 0.3) is 0 Å². The second-order valence-corrected chi connectivity index (χ2v) is 4.33. The highest BCUT2D eigenvalue weighted by atomic mass is 19.4. The predicted octanol–water partition coefficient (Wildman–Crippen LogP) is 2.61. The lowest BCUT2D eigenvalue weighted by Gasteiger charge is -2.19. The van der Waals surface area contributed by atoms with Crippen molar-refractivity contribution in [3.63, 3.8) is 0 Å². The third-order valence-electron chi connectivity index (χ3n) is 2.95. The Bertz CT molecular complexity index is 417. The fourth-order valence-corrected chi connectivity index (χ4v) is 2.12. The van der Waals surface area contributed by atoms with Crippen LogP contribution in [0.25, 0.3) is 0 Å². The molecule has 1 aromatic carbocycles. The first kappa shape index (κ1) is 12.2. The summed E-state index contributed by atoms with van der Waals surface area (Å²) >= 11 is 0. The summed E-state index contributed by atoms with van der Waals surface area (Å²) < 4.78 is 43.6. The molecule has 2 nitrogen and oxygen atoms in total. The van der Waals surface area contributed by atoms with E-state index >= 15 is 0 Å². The fraction of sp³-hybridized carbons (Fsp3) is 0.500. The third kappa shape index (κ3) is 2.39. The minimum atomic E-state index is -4.30. The molecule has 2 atom stereocenters. The van der Waals surface area contributed by atoms with Crippen LogP contribution in [0.4, 0.5) is 13.2 Å². The Balaban J connectivity index is 2.32. The summed E-state index contributed by atoms with van der Waals surface area (Å²) in [6.45, 7) is 1.46. The molecule has 0 spiro atoms. The van der Waals surface area contributed by atoms with Crippen LogP contribution in [0.15, 0.2) is 18.2 Å². The zero-order valence-corrected chi connectivity index (χ0v) is 9.42. The Morgan fingerprint density at radius 2 is 2.18 bits per heavy atom. The number of benzene rings is 1. The van der Waals surface area contributed by atoms with E-state index in [2.05, 4.69) is 0 Å². The molecule has 1 aliphatic rings. The highest BCUT2D eigenvalue weighted by Gasteiger charge is 2.40. The lowest BCUT2D eigenvalue weighted by molar-refractivity contribution is -0.148. The average Bonchev–Trinajstić information content (AvgIpc) is 2.56. The Hall–Kier alpha value is -1.23. The van der Waals surface area contributed by atoms with E-state index in [4.69, 9.17) is 10.5 Å². The van der Waals surface area contributed by atoms with Crippen LogP contribution < -0.4 is 10.5 Å². The van der Waals surface area contributed by atoms with E-state index in [0.29, 0.717) is 12.2 Å². The number of ether oxygens (including phenoxy) is 1. The first-order valence-electron chi connectivity index (χ1n) is 5.48. The van der Waals surface area contributed by atoms with Crippen LogP contribution >= 0.6 is 0 Å². The maximum Gasteiger partial charge on any atom is 0.396 e. The minimum Gasteiger partial charge on any atom is -0.490 e. The molecule has 1 aliphatic heterocycles. The highest BCUT2D eigenvalue weighted by Crippen LogP contribution is 2.37. The van der Waals surface area contributed by atoms with Gasteiger partial charge < -0.3 is 10.5 Å². The topological polar surface area (TPSA) is 35.2 Å². The normalized spacial score (nSPS) is 20.9. The van der Waals surface area contributed by atoms with Gasteiger partial charge in [-0.25, -0.2) is 0 Å². The van der Waals surface area contributed by atoms with Gasteiger partial charge in [-0.2, -0.15) is 13.2 Å². The van der Waals surface area contributed by atoms with Gasteiger partial charge in [0.2, 0.25) is 0 Å². The molecule has 17 heavy (non-hydrogen) atoms. The van der Waals surface area contributed by atoms with E-state index < -0.39 is 18.6 Å². The van der Waals surface area contributed by atoms with Crippen LogP contribution in [0.2, 0.25) is 0 Å². The molecule has 0 amide bonds. The Kier molecular flexibility index (Phi) is 3.03. The third-order valence-corrected chi connectivity index (χ3v) is 2.95. The van der Waals surface area contributed by atoms with Crippen molar-refractivity contribution in [2.75, 3.05) is 6.54 Å². The zero-order chi connectivity index (χ0) is 12.6. The summed E-state index contributed by atoms with van der Waals surface area (Å²) in [4.78, 5) is 0. The van der Waals surface area contributed by atoms with E-state index in [1.54, 1.807) is 12.1 Å². The highest BCUT2D eigenvalue weighted by molar-refractivity contribution is 5.42. The summed E-state index contributed by atoms with van der Waals surface area (Å²) in [5.41, 5.74) is 6.26. The van der Waals surface area contributed by atoms with Crippen LogP contribution in [0.1, 0.15) is 24.0 Å². The quantitative estimate of drug-likeness (QED) is 0.869. The SMILES string of the molecule is CC1Cc2cc(C(CN)C(F)(F)F)ccc2O1. The van der Waals surface area contributed by atoms with Crippen molar-refractivity contribution in [2.24, 2.45) is 5.73 Å².